The van der Waals surface area contributed by atoms with Crippen molar-refractivity contribution >= 4 is 11.9 Å². The molecule has 0 bridgehead atoms. The summed E-state index contributed by atoms with van der Waals surface area (Å²) in [6.45, 7) is 2.65. The fourth-order valence-corrected chi connectivity index (χ4v) is 1.76. The summed E-state index contributed by atoms with van der Waals surface area (Å²) < 4.78 is 4.34. The number of carbonyl (C=O) groups is 2. The molecule has 16 heavy (non-hydrogen) atoms. The van der Waals surface area contributed by atoms with Crippen LogP contribution in [0.15, 0.2) is 0 Å². The molecule has 6 heteroatoms. The van der Waals surface area contributed by atoms with Crippen LogP contribution in [0.2, 0.25) is 0 Å². The topological polar surface area (TPSA) is 87.7 Å². The summed E-state index contributed by atoms with van der Waals surface area (Å²) in [5.41, 5.74) is 0. The van der Waals surface area contributed by atoms with E-state index in [-0.39, 0.29) is 24.4 Å². The number of hydrogen-bond acceptors (Lipinski definition) is 5. The minimum atomic E-state index is -1.29. The maximum absolute atomic E-state index is 11.7. The highest BCUT2D eigenvalue weighted by molar-refractivity contribution is 5.81. The number of hydrogen-bond donors (Lipinski definition) is 3. The Balaban J connectivity index is 2.32. The van der Waals surface area contributed by atoms with Crippen molar-refractivity contribution in [2.75, 3.05) is 20.2 Å². The first kappa shape index (κ1) is 12.9. The number of methoxy groups -OCH3 is 1. The number of amides is 1. The van der Waals surface area contributed by atoms with Gasteiger partial charge in [0.05, 0.1) is 19.6 Å². The Bertz CT molecular complexity index is 270. The highest BCUT2D eigenvalue weighted by Crippen LogP contribution is 2.14. The van der Waals surface area contributed by atoms with Crippen molar-refractivity contribution in [3.05, 3.63) is 0 Å². The lowest BCUT2D eigenvalue weighted by Gasteiger charge is -2.16. The minimum absolute atomic E-state index is 0.0927. The molecule has 0 aromatic heterocycles. The lowest BCUT2D eigenvalue weighted by atomic mass is 10.0. The lowest BCUT2D eigenvalue weighted by Crippen LogP contribution is -2.42. The summed E-state index contributed by atoms with van der Waals surface area (Å²) in [6.07, 6.45) is -0.514. The first-order valence-electron chi connectivity index (χ1n) is 5.33. The van der Waals surface area contributed by atoms with Crippen molar-refractivity contribution in [1.82, 2.24) is 10.6 Å². The van der Waals surface area contributed by atoms with Crippen LogP contribution in [0.3, 0.4) is 0 Å². The third-order valence-corrected chi connectivity index (χ3v) is 2.80. The molecule has 1 aliphatic rings. The van der Waals surface area contributed by atoms with Crippen LogP contribution < -0.4 is 10.6 Å². The zero-order valence-electron chi connectivity index (χ0n) is 9.53. The second-order valence-electron chi connectivity index (χ2n) is 3.92. The van der Waals surface area contributed by atoms with Gasteiger partial charge in [0.2, 0.25) is 5.91 Å². The number of aliphatic hydroxyl groups excluding tert-OH is 1. The molecule has 0 aliphatic carbocycles. The zero-order valence-corrected chi connectivity index (χ0v) is 9.53. The van der Waals surface area contributed by atoms with Crippen LogP contribution in [-0.4, -0.2) is 49.3 Å². The molecule has 1 heterocycles. The summed E-state index contributed by atoms with van der Waals surface area (Å²) in [4.78, 5) is 22.5. The van der Waals surface area contributed by atoms with Crippen LogP contribution >= 0.6 is 0 Å². The summed E-state index contributed by atoms with van der Waals surface area (Å²) in [7, 11) is 1.19. The van der Waals surface area contributed by atoms with Gasteiger partial charge in [-0.2, -0.15) is 0 Å². The van der Waals surface area contributed by atoms with E-state index in [9.17, 15) is 14.7 Å². The number of ether oxygens (including phenoxy) is 1. The van der Waals surface area contributed by atoms with E-state index in [2.05, 4.69) is 15.4 Å². The Morgan fingerprint density at radius 1 is 1.62 bits per heavy atom. The van der Waals surface area contributed by atoms with Crippen molar-refractivity contribution in [1.29, 1.82) is 0 Å². The van der Waals surface area contributed by atoms with Gasteiger partial charge in [-0.25, -0.2) is 4.79 Å². The van der Waals surface area contributed by atoms with Gasteiger partial charge in [0, 0.05) is 6.04 Å². The molecule has 1 fully saturated rings. The van der Waals surface area contributed by atoms with E-state index in [0.29, 0.717) is 0 Å². The Labute approximate surface area is 94.3 Å². The third-order valence-electron chi connectivity index (χ3n) is 2.80. The molecule has 92 valence electrons. The van der Waals surface area contributed by atoms with Gasteiger partial charge in [-0.3, -0.25) is 4.79 Å². The molecular formula is C10H18N2O4. The average Bonchev–Trinajstić information content (AvgIpc) is 2.70. The molecule has 0 aromatic rings. The van der Waals surface area contributed by atoms with Crippen LogP contribution in [-0.2, 0) is 14.3 Å². The van der Waals surface area contributed by atoms with Crippen molar-refractivity contribution in [3.8, 4) is 0 Å². The van der Waals surface area contributed by atoms with E-state index in [4.69, 9.17) is 0 Å². The second-order valence-corrected chi connectivity index (χ2v) is 3.92. The number of esters is 1. The quantitative estimate of drug-likeness (QED) is 0.519. The normalized spacial score (nSPS) is 26.2. The fourth-order valence-electron chi connectivity index (χ4n) is 1.76. The molecular weight excluding hydrogens is 212 g/mol. The summed E-state index contributed by atoms with van der Waals surface area (Å²) in [5.74, 6) is -0.969. The molecule has 1 saturated heterocycles. The SMILES string of the molecule is COC(=O)C(O)CNC(=O)C1CCNC1C. The molecule has 6 nitrogen and oxygen atoms in total. The fraction of sp³-hybridized carbons (Fsp3) is 0.800. The summed E-state index contributed by atoms with van der Waals surface area (Å²) >= 11 is 0. The van der Waals surface area contributed by atoms with E-state index in [1.807, 2.05) is 6.92 Å². The maximum Gasteiger partial charge on any atom is 0.336 e. The molecule has 0 aromatic carbocycles. The summed E-state index contributed by atoms with van der Waals surface area (Å²) in [6, 6.07) is 0.135. The van der Waals surface area contributed by atoms with E-state index < -0.39 is 12.1 Å². The first-order valence-corrected chi connectivity index (χ1v) is 5.33. The predicted octanol–water partition coefficient (Wildman–Crippen LogP) is -1.37. The van der Waals surface area contributed by atoms with Gasteiger partial charge in [0.25, 0.3) is 0 Å². The Hall–Kier alpha value is -1.14. The van der Waals surface area contributed by atoms with Crippen LogP contribution in [0.25, 0.3) is 0 Å². The van der Waals surface area contributed by atoms with Crippen LogP contribution in [0, 0.1) is 5.92 Å². The van der Waals surface area contributed by atoms with Gasteiger partial charge < -0.3 is 20.5 Å². The number of rotatable bonds is 4. The van der Waals surface area contributed by atoms with Crippen LogP contribution in [0.1, 0.15) is 13.3 Å². The van der Waals surface area contributed by atoms with Gasteiger partial charge in [-0.05, 0) is 19.9 Å². The molecule has 0 spiro atoms. The number of aliphatic hydroxyl groups is 1. The summed E-state index contributed by atoms with van der Waals surface area (Å²) in [5, 5.41) is 15.0. The third kappa shape index (κ3) is 3.18. The average molecular weight is 230 g/mol. The van der Waals surface area contributed by atoms with Gasteiger partial charge in [-0.1, -0.05) is 0 Å². The van der Waals surface area contributed by atoms with Gasteiger partial charge in [-0.15, -0.1) is 0 Å². The second kappa shape index (κ2) is 5.81. The van der Waals surface area contributed by atoms with Gasteiger partial charge >= 0.3 is 5.97 Å². The Morgan fingerprint density at radius 3 is 2.81 bits per heavy atom. The predicted molar refractivity (Wildman–Crippen MR) is 56.6 cm³/mol. The molecule has 3 atom stereocenters. The first-order chi connectivity index (χ1) is 7.56. The maximum atomic E-state index is 11.7. The monoisotopic (exact) mass is 230 g/mol. The minimum Gasteiger partial charge on any atom is -0.467 e. The zero-order chi connectivity index (χ0) is 12.1. The molecule has 0 radical (unpaired) electrons. The van der Waals surface area contributed by atoms with E-state index in [0.717, 1.165) is 13.0 Å². The molecule has 1 amide bonds. The van der Waals surface area contributed by atoms with Gasteiger partial charge in [0.1, 0.15) is 0 Å². The largest absolute Gasteiger partial charge is 0.467 e. The standard InChI is InChI=1S/C10H18N2O4/c1-6-7(3-4-11-6)9(14)12-5-8(13)10(15)16-2/h6-8,11,13H,3-5H2,1-2H3,(H,12,14). The van der Waals surface area contributed by atoms with Crippen molar-refractivity contribution in [2.45, 2.75) is 25.5 Å². The highest BCUT2D eigenvalue weighted by Gasteiger charge is 2.29. The van der Waals surface area contributed by atoms with Crippen LogP contribution in [0.4, 0.5) is 0 Å². The highest BCUT2D eigenvalue weighted by atomic mass is 16.5. The lowest BCUT2D eigenvalue weighted by molar-refractivity contribution is -0.150. The Morgan fingerprint density at radius 2 is 2.31 bits per heavy atom. The van der Waals surface area contributed by atoms with Crippen molar-refractivity contribution in [2.24, 2.45) is 5.92 Å². The van der Waals surface area contributed by atoms with Gasteiger partial charge in [0.15, 0.2) is 6.10 Å². The number of nitrogens with one attached hydrogen (secondary N) is 2. The molecule has 3 N–H and O–H groups in total. The van der Waals surface area contributed by atoms with E-state index >= 15 is 0 Å². The molecule has 3 unspecified atom stereocenters. The Kier molecular flexibility index (Phi) is 4.70. The molecule has 0 saturated carbocycles. The van der Waals surface area contributed by atoms with E-state index in [1.54, 1.807) is 0 Å². The number of carbonyl (C=O) groups excluding carboxylic acids is 2. The van der Waals surface area contributed by atoms with Crippen molar-refractivity contribution in [3.63, 3.8) is 0 Å². The smallest absolute Gasteiger partial charge is 0.336 e. The molecule has 1 rings (SSSR count). The van der Waals surface area contributed by atoms with E-state index in [1.165, 1.54) is 7.11 Å². The molecule has 1 aliphatic heterocycles. The van der Waals surface area contributed by atoms with Crippen LogP contribution in [0.5, 0.6) is 0 Å². The van der Waals surface area contributed by atoms with Crippen molar-refractivity contribution < 1.29 is 19.4 Å².